The van der Waals surface area contributed by atoms with Crippen molar-refractivity contribution in [3.05, 3.63) is 45.3 Å². The van der Waals surface area contributed by atoms with Crippen LogP contribution in [0.2, 0.25) is 0 Å². The molecule has 0 aliphatic heterocycles. The SMILES string of the molecule is Cc1cccc(C)c1NC(=O)COC(=O)c1c(NC(=O)C2CC2)sc(C)c1C. The van der Waals surface area contributed by atoms with Gasteiger partial charge in [-0.1, -0.05) is 18.2 Å². The number of aryl methyl sites for hydroxylation is 3. The normalized spacial score (nSPS) is 13.1. The lowest BCUT2D eigenvalue weighted by Gasteiger charge is -2.12. The first-order valence-corrected chi connectivity index (χ1v) is 10.0. The molecule has 2 N–H and O–H groups in total. The molecular weight excluding hydrogens is 376 g/mol. The number of thiophene rings is 1. The van der Waals surface area contributed by atoms with Crippen molar-refractivity contribution in [1.29, 1.82) is 0 Å². The molecule has 7 heteroatoms. The minimum atomic E-state index is -0.607. The van der Waals surface area contributed by atoms with Crippen LogP contribution in [-0.4, -0.2) is 24.4 Å². The first-order chi connectivity index (χ1) is 13.3. The van der Waals surface area contributed by atoms with E-state index in [4.69, 9.17) is 4.74 Å². The number of carbonyl (C=O) groups excluding carboxylic acids is 3. The van der Waals surface area contributed by atoms with Crippen molar-refractivity contribution in [3.8, 4) is 0 Å². The highest BCUT2D eigenvalue weighted by Crippen LogP contribution is 2.36. The molecule has 0 unspecified atom stereocenters. The molecule has 1 aliphatic carbocycles. The van der Waals surface area contributed by atoms with Crippen LogP contribution < -0.4 is 10.6 Å². The van der Waals surface area contributed by atoms with Crippen molar-refractivity contribution in [1.82, 2.24) is 0 Å². The van der Waals surface area contributed by atoms with Crippen LogP contribution in [0.4, 0.5) is 10.7 Å². The highest BCUT2D eigenvalue weighted by Gasteiger charge is 2.31. The molecule has 1 aliphatic rings. The molecule has 2 aromatic rings. The van der Waals surface area contributed by atoms with Gasteiger partial charge >= 0.3 is 5.97 Å². The number of nitrogens with one attached hydrogen (secondary N) is 2. The van der Waals surface area contributed by atoms with Crippen molar-refractivity contribution < 1.29 is 19.1 Å². The summed E-state index contributed by atoms with van der Waals surface area (Å²) < 4.78 is 5.24. The van der Waals surface area contributed by atoms with Crippen LogP contribution in [0, 0.1) is 33.6 Å². The van der Waals surface area contributed by atoms with Crippen molar-refractivity contribution >= 4 is 39.8 Å². The maximum Gasteiger partial charge on any atom is 0.341 e. The molecule has 2 amide bonds. The minimum Gasteiger partial charge on any atom is -0.452 e. The average molecular weight is 401 g/mol. The van der Waals surface area contributed by atoms with Crippen LogP contribution in [-0.2, 0) is 14.3 Å². The lowest BCUT2D eigenvalue weighted by molar-refractivity contribution is -0.119. The molecule has 1 aromatic heterocycles. The van der Waals surface area contributed by atoms with E-state index >= 15 is 0 Å². The molecule has 6 nitrogen and oxygen atoms in total. The molecule has 3 rings (SSSR count). The van der Waals surface area contributed by atoms with Gasteiger partial charge in [0.1, 0.15) is 5.00 Å². The third kappa shape index (κ3) is 4.42. The Kier molecular flexibility index (Phi) is 5.84. The summed E-state index contributed by atoms with van der Waals surface area (Å²) in [7, 11) is 0. The minimum absolute atomic E-state index is 0.0368. The largest absolute Gasteiger partial charge is 0.452 e. The Labute approximate surface area is 168 Å². The zero-order valence-corrected chi connectivity index (χ0v) is 17.3. The number of anilines is 2. The number of hydrogen-bond acceptors (Lipinski definition) is 5. The lowest BCUT2D eigenvalue weighted by Crippen LogP contribution is -2.22. The van der Waals surface area contributed by atoms with E-state index in [0.717, 1.165) is 40.1 Å². The zero-order chi connectivity index (χ0) is 20.4. The Hall–Kier alpha value is -2.67. The summed E-state index contributed by atoms with van der Waals surface area (Å²) in [4.78, 5) is 37.9. The molecule has 1 saturated carbocycles. The van der Waals surface area contributed by atoms with Gasteiger partial charge < -0.3 is 15.4 Å². The van der Waals surface area contributed by atoms with Gasteiger partial charge in [0.15, 0.2) is 6.61 Å². The third-order valence-electron chi connectivity index (χ3n) is 4.85. The average Bonchev–Trinajstić information content (AvgIpc) is 3.44. The Bertz CT molecular complexity index is 924. The van der Waals surface area contributed by atoms with Crippen LogP contribution in [0.25, 0.3) is 0 Å². The summed E-state index contributed by atoms with van der Waals surface area (Å²) in [6, 6.07) is 5.72. The van der Waals surface area contributed by atoms with Gasteiger partial charge in [-0.2, -0.15) is 0 Å². The molecule has 0 atom stereocenters. The van der Waals surface area contributed by atoms with Crippen molar-refractivity contribution in [2.24, 2.45) is 5.92 Å². The Morgan fingerprint density at radius 1 is 1.07 bits per heavy atom. The highest BCUT2D eigenvalue weighted by molar-refractivity contribution is 7.16. The van der Waals surface area contributed by atoms with E-state index < -0.39 is 18.5 Å². The molecule has 148 valence electrons. The molecule has 1 aromatic carbocycles. The number of rotatable bonds is 6. The first-order valence-electron chi connectivity index (χ1n) is 9.22. The fourth-order valence-electron chi connectivity index (χ4n) is 2.91. The van der Waals surface area contributed by atoms with E-state index in [9.17, 15) is 14.4 Å². The summed E-state index contributed by atoms with van der Waals surface area (Å²) >= 11 is 1.35. The smallest absolute Gasteiger partial charge is 0.341 e. The third-order valence-corrected chi connectivity index (χ3v) is 5.98. The van der Waals surface area contributed by atoms with E-state index in [1.165, 1.54) is 11.3 Å². The summed E-state index contributed by atoms with van der Waals surface area (Å²) in [5.41, 5.74) is 3.69. The summed E-state index contributed by atoms with van der Waals surface area (Å²) in [5.74, 6) is -1.04. The lowest BCUT2D eigenvalue weighted by atomic mass is 10.1. The second-order valence-electron chi connectivity index (χ2n) is 7.14. The predicted octanol–water partition coefficient (Wildman–Crippen LogP) is 4.13. The van der Waals surface area contributed by atoms with Crippen LogP contribution in [0.1, 0.15) is 44.8 Å². The number of ether oxygens (including phenoxy) is 1. The topological polar surface area (TPSA) is 84.5 Å². The summed E-state index contributed by atoms with van der Waals surface area (Å²) in [5, 5.41) is 6.12. The van der Waals surface area contributed by atoms with E-state index in [0.29, 0.717) is 10.6 Å². The molecule has 0 bridgehead atoms. The number of benzene rings is 1. The zero-order valence-electron chi connectivity index (χ0n) is 16.5. The fraction of sp³-hybridized carbons (Fsp3) is 0.381. The van der Waals surface area contributed by atoms with Gasteiger partial charge in [0.2, 0.25) is 5.91 Å². The monoisotopic (exact) mass is 400 g/mol. The van der Waals surface area contributed by atoms with Gasteiger partial charge in [-0.25, -0.2) is 4.79 Å². The molecule has 28 heavy (non-hydrogen) atoms. The molecule has 1 fully saturated rings. The highest BCUT2D eigenvalue weighted by atomic mass is 32.1. The molecular formula is C21H24N2O4S. The maximum absolute atomic E-state index is 12.6. The van der Waals surface area contributed by atoms with Gasteiger partial charge in [-0.05, 0) is 57.2 Å². The number of hydrogen-bond donors (Lipinski definition) is 2. The molecule has 0 radical (unpaired) electrons. The van der Waals surface area contributed by atoms with E-state index in [-0.39, 0.29) is 11.8 Å². The van der Waals surface area contributed by atoms with Crippen LogP contribution >= 0.6 is 11.3 Å². The Morgan fingerprint density at radius 2 is 1.71 bits per heavy atom. The van der Waals surface area contributed by atoms with Gasteiger partial charge in [0.05, 0.1) is 5.56 Å². The molecule has 0 saturated heterocycles. The van der Waals surface area contributed by atoms with Gasteiger partial charge in [0.25, 0.3) is 5.91 Å². The Morgan fingerprint density at radius 3 is 2.32 bits per heavy atom. The second kappa shape index (κ2) is 8.14. The standard InChI is InChI=1S/C21H24N2O4S/c1-11-6-5-7-12(2)18(11)22-16(24)10-27-21(26)17-13(3)14(4)28-20(17)23-19(25)15-8-9-15/h5-7,15H,8-10H2,1-4H3,(H,22,24)(H,23,25). The summed E-state index contributed by atoms with van der Waals surface area (Å²) in [6.07, 6.45) is 1.76. The fourth-order valence-corrected chi connectivity index (χ4v) is 3.96. The van der Waals surface area contributed by atoms with E-state index in [1.807, 2.05) is 45.9 Å². The van der Waals surface area contributed by atoms with Crippen LogP contribution in [0.3, 0.4) is 0 Å². The van der Waals surface area contributed by atoms with Crippen molar-refractivity contribution in [2.45, 2.75) is 40.5 Å². The van der Waals surface area contributed by atoms with Crippen LogP contribution in [0.5, 0.6) is 0 Å². The number of esters is 1. The van der Waals surface area contributed by atoms with Gasteiger partial charge in [0, 0.05) is 16.5 Å². The Balaban J connectivity index is 1.66. The van der Waals surface area contributed by atoms with Crippen molar-refractivity contribution in [2.75, 3.05) is 17.2 Å². The van der Waals surface area contributed by atoms with E-state index in [1.54, 1.807) is 0 Å². The number of carbonyl (C=O) groups is 3. The van der Waals surface area contributed by atoms with Gasteiger partial charge in [-0.15, -0.1) is 11.3 Å². The quantitative estimate of drug-likeness (QED) is 0.714. The van der Waals surface area contributed by atoms with Crippen molar-refractivity contribution in [3.63, 3.8) is 0 Å². The van der Waals surface area contributed by atoms with Crippen LogP contribution in [0.15, 0.2) is 18.2 Å². The molecule has 0 spiro atoms. The van der Waals surface area contributed by atoms with Gasteiger partial charge in [-0.3, -0.25) is 9.59 Å². The number of amides is 2. The second-order valence-corrected chi connectivity index (χ2v) is 8.37. The first kappa shape index (κ1) is 20.1. The maximum atomic E-state index is 12.6. The number of para-hydroxylation sites is 1. The molecule has 1 heterocycles. The van der Waals surface area contributed by atoms with E-state index in [2.05, 4.69) is 10.6 Å². The predicted molar refractivity (Wildman–Crippen MR) is 110 cm³/mol. The summed E-state index contributed by atoms with van der Waals surface area (Å²) in [6.45, 7) is 7.11.